The highest BCUT2D eigenvalue weighted by Crippen LogP contribution is 2.03. The minimum absolute atomic E-state index is 0.145. The van der Waals surface area contributed by atoms with E-state index in [1.54, 1.807) is 0 Å². The van der Waals surface area contributed by atoms with Gasteiger partial charge in [-0.05, 0) is 25.5 Å². The van der Waals surface area contributed by atoms with Gasteiger partial charge in [0.25, 0.3) is 5.56 Å². The molecule has 0 bridgehead atoms. The molecule has 2 heterocycles. The summed E-state index contributed by atoms with van der Waals surface area (Å²) >= 11 is 0. The lowest BCUT2D eigenvalue weighted by molar-refractivity contribution is 0.833. The second kappa shape index (κ2) is 2.65. The second-order valence-corrected chi connectivity index (χ2v) is 2.97. The van der Waals surface area contributed by atoms with Crippen molar-refractivity contribution in [1.82, 2.24) is 14.6 Å². The summed E-state index contributed by atoms with van der Waals surface area (Å²) < 4.78 is 1.31. The Morgan fingerprint density at radius 1 is 1.38 bits per heavy atom. The molecule has 0 saturated carbocycles. The lowest BCUT2D eigenvalue weighted by Crippen LogP contribution is -2.16. The second-order valence-electron chi connectivity index (χ2n) is 2.97. The Morgan fingerprint density at radius 3 is 2.92 bits per heavy atom. The fourth-order valence-electron chi connectivity index (χ4n) is 1.14. The maximum absolute atomic E-state index is 11.3. The maximum Gasteiger partial charge on any atom is 0.274 e. The van der Waals surface area contributed by atoms with E-state index in [-0.39, 0.29) is 5.56 Å². The van der Waals surface area contributed by atoms with Crippen LogP contribution in [0.25, 0.3) is 5.65 Å². The SMILES string of the molecule is Cc1cc2nccc(=O)n2nc1C. The highest BCUT2D eigenvalue weighted by Gasteiger charge is 2.00. The first-order valence-corrected chi connectivity index (χ1v) is 4.01. The van der Waals surface area contributed by atoms with E-state index >= 15 is 0 Å². The van der Waals surface area contributed by atoms with Crippen LogP contribution >= 0.6 is 0 Å². The maximum atomic E-state index is 11.3. The first-order valence-electron chi connectivity index (χ1n) is 4.01. The Bertz CT molecular complexity index is 516. The summed E-state index contributed by atoms with van der Waals surface area (Å²) in [6.45, 7) is 3.82. The van der Waals surface area contributed by atoms with E-state index in [1.165, 1.54) is 16.8 Å². The van der Waals surface area contributed by atoms with Gasteiger partial charge in [-0.2, -0.15) is 9.61 Å². The Hall–Kier alpha value is -1.71. The summed E-state index contributed by atoms with van der Waals surface area (Å²) in [5, 5.41) is 4.12. The zero-order valence-corrected chi connectivity index (χ0v) is 7.48. The van der Waals surface area contributed by atoms with Gasteiger partial charge in [0.2, 0.25) is 0 Å². The molecule has 0 atom stereocenters. The van der Waals surface area contributed by atoms with Crippen LogP contribution < -0.4 is 5.56 Å². The van der Waals surface area contributed by atoms with E-state index in [1.807, 2.05) is 19.9 Å². The number of fused-ring (bicyclic) bond motifs is 1. The highest BCUT2D eigenvalue weighted by atomic mass is 16.1. The van der Waals surface area contributed by atoms with Gasteiger partial charge in [0.1, 0.15) is 0 Å². The van der Waals surface area contributed by atoms with Crippen molar-refractivity contribution >= 4 is 5.65 Å². The third-order valence-corrected chi connectivity index (χ3v) is 2.02. The molecule has 2 aromatic heterocycles. The monoisotopic (exact) mass is 175 g/mol. The standard InChI is InChI=1S/C9H9N3O/c1-6-5-8-10-4-3-9(13)12(8)11-7(6)2/h3-5H,1-2H3. The van der Waals surface area contributed by atoms with Crippen molar-refractivity contribution < 1.29 is 0 Å². The molecule has 2 rings (SSSR count). The van der Waals surface area contributed by atoms with E-state index in [0.29, 0.717) is 5.65 Å². The lowest BCUT2D eigenvalue weighted by atomic mass is 10.2. The molecule has 2 aromatic rings. The van der Waals surface area contributed by atoms with Crippen LogP contribution in [-0.4, -0.2) is 14.6 Å². The van der Waals surface area contributed by atoms with Crippen LogP contribution in [0.3, 0.4) is 0 Å². The van der Waals surface area contributed by atoms with E-state index < -0.39 is 0 Å². The predicted octanol–water partition coefficient (Wildman–Crippen LogP) is 0.706. The van der Waals surface area contributed by atoms with Gasteiger partial charge in [-0.25, -0.2) is 4.98 Å². The van der Waals surface area contributed by atoms with Crippen LogP contribution in [0, 0.1) is 13.8 Å². The average molecular weight is 175 g/mol. The molecule has 4 nitrogen and oxygen atoms in total. The molecule has 0 unspecified atom stereocenters. The largest absolute Gasteiger partial charge is 0.274 e. The van der Waals surface area contributed by atoms with Gasteiger partial charge in [-0.3, -0.25) is 4.79 Å². The molecule has 0 aliphatic heterocycles. The number of hydrogen-bond donors (Lipinski definition) is 0. The minimum Gasteiger partial charge on any atom is -0.267 e. The molecule has 0 amide bonds. The van der Waals surface area contributed by atoms with E-state index in [0.717, 1.165) is 11.3 Å². The summed E-state index contributed by atoms with van der Waals surface area (Å²) in [7, 11) is 0. The first kappa shape index (κ1) is 7.91. The van der Waals surface area contributed by atoms with E-state index in [2.05, 4.69) is 10.1 Å². The Kier molecular flexibility index (Phi) is 1.62. The van der Waals surface area contributed by atoms with Crippen LogP contribution in [0.2, 0.25) is 0 Å². The van der Waals surface area contributed by atoms with Crippen molar-refractivity contribution in [1.29, 1.82) is 0 Å². The topological polar surface area (TPSA) is 47.3 Å². The summed E-state index contributed by atoms with van der Waals surface area (Å²) in [6, 6.07) is 3.25. The Balaban J connectivity index is 2.97. The van der Waals surface area contributed by atoms with Crippen molar-refractivity contribution in [2.45, 2.75) is 13.8 Å². The molecular weight excluding hydrogens is 166 g/mol. The van der Waals surface area contributed by atoms with Gasteiger partial charge in [-0.15, -0.1) is 0 Å². The normalized spacial score (nSPS) is 10.6. The quantitative estimate of drug-likeness (QED) is 0.592. The van der Waals surface area contributed by atoms with Gasteiger partial charge >= 0.3 is 0 Å². The third-order valence-electron chi connectivity index (χ3n) is 2.02. The van der Waals surface area contributed by atoms with Gasteiger partial charge in [-0.1, -0.05) is 0 Å². The number of nitrogens with zero attached hydrogens (tertiary/aromatic N) is 3. The number of hydrogen-bond acceptors (Lipinski definition) is 3. The zero-order chi connectivity index (χ0) is 9.42. The first-order chi connectivity index (χ1) is 6.18. The molecule has 0 fully saturated rings. The molecule has 0 aliphatic rings. The smallest absolute Gasteiger partial charge is 0.267 e. The van der Waals surface area contributed by atoms with Gasteiger partial charge in [0, 0.05) is 12.3 Å². The zero-order valence-electron chi connectivity index (χ0n) is 7.48. The summed E-state index contributed by atoms with van der Waals surface area (Å²) in [5.41, 5.74) is 2.34. The Morgan fingerprint density at radius 2 is 2.15 bits per heavy atom. The summed E-state index contributed by atoms with van der Waals surface area (Å²) in [6.07, 6.45) is 1.49. The van der Waals surface area contributed by atoms with Crippen molar-refractivity contribution in [3.8, 4) is 0 Å². The Labute approximate surface area is 74.9 Å². The molecule has 0 aromatic carbocycles. The molecule has 0 aliphatic carbocycles. The molecule has 4 heteroatoms. The predicted molar refractivity (Wildman–Crippen MR) is 48.7 cm³/mol. The van der Waals surface area contributed by atoms with Crippen LogP contribution in [0.15, 0.2) is 23.1 Å². The molecule has 0 N–H and O–H groups in total. The summed E-state index contributed by atoms with van der Waals surface area (Å²) in [5.74, 6) is 0. The van der Waals surface area contributed by atoms with Crippen LogP contribution in [0.5, 0.6) is 0 Å². The molecule has 66 valence electrons. The van der Waals surface area contributed by atoms with Crippen molar-refractivity contribution in [2.75, 3.05) is 0 Å². The minimum atomic E-state index is -0.145. The highest BCUT2D eigenvalue weighted by molar-refractivity contribution is 5.39. The van der Waals surface area contributed by atoms with Crippen LogP contribution in [0.1, 0.15) is 11.3 Å². The van der Waals surface area contributed by atoms with E-state index in [4.69, 9.17) is 0 Å². The van der Waals surface area contributed by atoms with Crippen molar-refractivity contribution in [3.05, 3.63) is 39.9 Å². The van der Waals surface area contributed by atoms with Crippen LogP contribution in [0.4, 0.5) is 0 Å². The number of rotatable bonds is 0. The average Bonchev–Trinajstić information content (AvgIpc) is 2.09. The molecule has 13 heavy (non-hydrogen) atoms. The molecule has 0 spiro atoms. The lowest BCUT2D eigenvalue weighted by Gasteiger charge is -2.01. The number of aromatic nitrogens is 3. The molecular formula is C9H9N3O. The van der Waals surface area contributed by atoms with Crippen molar-refractivity contribution in [3.63, 3.8) is 0 Å². The molecule has 0 radical (unpaired) electrons. The summed E-state index contributed by atoms with van der Waals surface area (Å²) in [4.78, 5) is 15.3. The van der Waals surface area contributed by atoms with Gasteiger partial charge < -0.3 is 0 Å². The van der Waals surface area contributed by atoms with Crippen molar-refractivity contribution in [2.24, 2.45) is 0 Å². The third kappa shape index (κ3) is 1.20. The molecule has 0 saturated heterocycles. The van der Waals surface area contributed by atoms with Crippen LogP contribution in [-0.2, 0) is 0 Å². The fourth-order valence-corrected chi connectivity index (χ4v) is 1.14. The van der Waals surface area contributed by atoms with E-state index in [9.17, 15) is 4.79 Å². The number of aryl methyl sites for hydroxylation is 2. The van der Waals surface area contributed by atoms with Gasteiger partial charge in [0.15, 0.2) is 5.65 Å². The fraction of sp³-hybridized carbons (Fsp3) is 0.222. The van der Waals surface area contributed by atoms with Gasteiger partial charge in [0.05, 0.1) is 5.69 Å².